The highest BCUT2D eigenvalue weighted by atomic mass is 35.5. The largest absolute Gasteiger partial charge is 0.487 e. The standard InChI is InChI=1S/C35H32Cl2N6O4/c1-22-12-13-24-8-5-11-30(33(24)40-22)47-21-27-28(36)14-15-29(32(27)37)43(3)31(44)19-39-35(46)41-26-10-4-9-25(17-26)34(45)42(2)20-23-7-6-16-38-18-23/h4-18H,19-21H2,1-3H3,(H2,39,41,46). The van der Waals surface area contributed by atoms with Gasteiger partial charge in [-0.3, -0.25) is 14.6 Å². The fourth-order valence-corrected chi connectivity index (χ4v) is 5.44. The maximum atomic E-state index is 13.1. The molecule has 240 valence electrons. The lowest BCUT2D eigenvalue weighted by molar-refractivity contribution is -0.117. The molecule has 10 nitrogen and oxygen atoms in total. The fourth-order valence-electron chi connectivity index (χ4n) is 4.83. The molecule has 0 aliphatic rings. The number of halogens is 2. The van der Waals surface area contributed by atoms with Crippen molar-refractivity contribution in [3.63, 3.8) is 0 Å². The Kier molecular flexibility index (Phi) is 10.5. The maximum Gasteiger partial charge on any atom is 0.319 e. The van der Waals surface area contributed by atoms with Crippen molar-refractivity contribution in [3.05, 3.63) is 124 Å². The average molecular weight is 672 g/mol. The molecule has 0 unspecified atom stereocenters. The Morgan fingerprint density at radius 1 is 0.936 bits per heavy atom. The number of amides is 4. The highest BCUT2D eigenvalue weighted by Crippen LogP contribution is 2.35. The number of aromatic nitrogens is 2. The molecule has 0 bridgehead atoms. The first-order valence-corrected chi connectivity index (χ1v) is 15.4. The number of aryl methyl sites for hydroxylation is 1. The molecule has 3 aromatic carbocycles. The zero-order valence-corrected chi connectivity index (χ0v) is 27.5. The SMILES string of the molecule is Cc1ccc2cccc(OCc3c(Cl)ccc(N(C)C(=O)CNC(=O)Nc4cccc(C(=O)N(C)Cc5cccnc5)c4)c3Cl)c2n1. The number of anilines is 2. The first kappa shape index (κ1) is 33.2. The van der Waals surface area contributed by atoms with Crippen LogP contribution in [0.2, 0.25) is 10.0 Å². The van der Waals surface area contributed by atoms with Gasteiger partial charge in [-0.25, -0.2) is 9.78 Å². The van der Waals surface area contributed by atoms with Crippen LogP contribution in [-0.2, 0) is 17.9 Å². The minimum absolute atomic E-state index is 0.0454. The van der Waals surface area contributed by atoms with Gasteiger partial charge in [0.25, 0.3) is 5.91 Å². The van der Waals surface area contributed by atoms with Crippen LogP contribution >= 0.6 is 23.2 Å². The molecule has 0 radical (unpaired) electrons. The number of carbonyl (C=O) groups is 3. The van der Waals surface area contributed by atoms with Crippen LogP contribution in [0.3, 0.4) is 0 Å². The van der Waals surface area contributed by atoms with E-state index in [0.717, 1.165) is 22.2 Å². The molecule has 0 spiro atoms. The maximum absolute atomic E-state index is 13.1. The minimum atomic E-state index is -0.615. The summed E-state index contributed by atoms with van der Waals surface area (Å²) in [6.45, 7) is 2.02. The molecule has 0 saturated heterocycles. The number of para-hydroxylation sites is 1. The zero-order valence-electron chi connectivity index (χ0n) is 26.0. The number of nitrogens with one attached hydrogen (secondary N) is 2. The number of hydrogen-bond acceptors (Lipinski definition) is 6. The van der Waals surface area contributed by atoms with Crippen LogP contribution in [0.25, 0.3) is 10.9 Å². The number of pyridine rings is 2. The second-order valence-electron chi connectivity index (χ2n) is 10.8. The minimum Gasteiger partial charge on any atom is -0.487 e. The summed E-state index contributed by atoms with van der Waals surface area (Å²) in [5.74, 6) is -0.0656. The molecule has 5 aromatic rings. The third-order valence-corrected chi connectivity index (χ3v) is 8.13. The van der Waals surface area contributed by atoms with E-state index in [4.69, 9.17) is 27.9 Å². The van der Waals surface area contributed by atoms with E-state index in [9.17, 15) is 14.4 Å². The fraction of sp³-hybridized carbons (Fsp3) is 0.171. The van der Waals surface area contributed by atoms with Gasteiger partial charge in [-0.05, 0) is 61.0 Å². The molecule has 47 heavy (non-hydrogen) atoms. The Balaban J connectivity index is 1.18. The van der Waals surface area contributed by atoms with Crippen molar-refractivity contribution in [2.75, 3.05) is 30.9 Å². The van der Waals surface area contributed by atoms with Crippen LogP contribution in [-0.4, -0.2) is 53.4 Å². The van der Waals surface area contributed by atoms with E-state index in [1.807, 2.05) is 49.4 Å². The molecule has 2 N–H and O–H groups in total. The molecule has 0 saturated carbocycles. The topological polar surface area (TPSA) is 117 Å². The summed E-state index contributed by atoms with van der Waals surface area (Å²) < 4.78 is 6.09. The quantitative estimate of drug-likeness (QED) is 0.167. The summed E-state index contributed by atoms with van der Waals surface area (Å²) in [5, 5.41) is 6.79. The van der Waals surface area contributed by atoms with E-state index in [1.165, 1.54) is 4.90 Å². The molecule has 0 atom stereocenters. The number of ether oxygens (including phenoxy) is 1. The Morgan fingerprint density at radius 2 is 1.74 bits per heavy atom. The number of urea groups is 1. The lowest BCUT2D eigenvalue weighted by Gasteiger charge is -2.21. The normalized spacial score (nSPS) is 10.7. The summed E-state index contributed by atoms with van der Waals surface area (Å²) in [5.41, 5.74) is 4.17. The van der Waals surface area contributed by atoms with E-state index in [2.05, 4.69) is 20.6 Å². The highest BCUT2D eigenvalue weighted by molar-refractivity contribution is 6.38. The monoisotopic (exact) mass is 670 g/mol. The summed E-state index contributed by atoms with van der Waals surface area (Å²) in [6, 6.07) is 22.5. The van der Waals surface area contributed by atoms with Crippen LogP contribution in [0, 0.1) is 6.92 Å². The van der Waals surface area contributed by atoms with Crippen molar-refractivity contribution >= 4 is 63.3 Å². The first-order valence-electron chi connectivity index (χ1n) is 14.6. The van der Waals surface area contributed by atoms with Crippen molar-refractivity contribution < 1.29 is 19.1 Å². The smallest absolute Gasteiger partial charge is 0.319 e. The predicted molar refractivity (Wildman–Crippen MR) is 184 cm³/mol. The summed E-state index contributed by atoms with van der Waals surface area (Å²) in [4.78, 5) is 50.3. The molecule has 12 heteroatoms. The molecular formula is C35H32Cl2N6O4. The van der Waals surface area contributed by atoms with E-state index in [1.54, 1.807) is 67.8 Å². The van der Waals surface area contributed by atoms with Gasteiger partial charge >= 0.3 is 6.03 Å². The van der Waals surface area contributed by atoms with Gasteiger partial charge in [-0.1, -0.05) is 53.5 Å². The third-order valence-electron chi connectivity index (χ3n) is 7.35. The Morgan fingerprint density at radius 3 is 2.53 bits per heavy atom. The van der Waals surface area contributed by atoms with Gasteiger partial charge in [-0.2, -0.15) is 0 Å². The van der Waals surface area contributed by atoms with Crippen molar-refractivity contribution in [3.8, 4) is 5.75 Å². The molecule has 5 rings (SSSR count). The van der Waals surface area contributed by atoms with Crippen molar-refractivity contribution in [2.24, 2.45) is 0 Å². The summed E-state index contributed by atoms with van der Waals surface area (Å²) in [7, 11) is 3.24. The second-order valence-corrected chi connectivity index (χ2v) is 11.6. The molecule has 2 aromatic heterocycles. The van der Waals surface area contributed by atoms with Gasteiger partial charge in [0.05, 0.1) is 17.3 Å². The van der Waals surface area contributed by atoms with Crippen LogP contribution in [0.5, 0.6) is 5.75 Å². The van der Waals surface area contributed by atoms with E-state index < -0.39 is 11.9 Å². The molecule has 0 aliphatic heterocycles. The number of likely N-dealkylation sites (N-methyl/N-ethyl adjacent to an activating group) is 1. The number of rotatable bonds is 10. The van der Waals surface area contributed by atoms with Crippen LogP contribution in [0.15, 0.2) is 91.3 Å². The van der Waals surface area contributed by atoms with Crippen molar-refractivity contribution in [1.29, 1.82) is 0 Å². The number of nitrogens with zero attached hydrogens (tertiary/aromatic N) is 4. The third kappa shape index (κ3) is 8.16. The van der Waals surface area contributed by atoms with Crippen molar-refractivity contribution in [2.45, 2.75) is 20.1 Å². The molecular weight excluding hydrogens is 639 g/mol. The van der Waals surface area contributed by atoms with Gasteiger partial charge in [0.2, 0.25) is 5.91 Å². The number of hydrogen-bond donors (Lipinski definition) is 2. The molecule has 0 aliphatic carbocycles. The van der Waals surface area contributed by atoms with Gasteiger partial charge < -0.3 is 25.2 Å². The predicted octanol–water partition coefficient (Wildman–Crippen LogP) is 6.88. The Hall–Kier alpha value is -5.19. The number of fused-ring (bicyclic) bond motifs is 1. The number of carbonyl (C=O) groups excluding carboxylic acids is 3. The summed E-state index contributed by atoms with van der Waals surface area (Å²) >= 11 is 13.2. The van der Waals surface area contributed by atoms with Gasteiger partial charge in [0.15, 0.2) is 0 Å². The number of benzene rings is 3. The lowest BCUT2D eigenvalue weighted by Crippen LogP contribution is -2.40. The molecule has 4 amide bonds. The van der Waals surface area contributed by atoms with Gasteiger partial charge in [0, 0.05) is 66.0 Å². The van der Waals surface area contributed by atoms with Gasteiger partial charge in [0.1, 0.15) is 17.9 Å². The Labute approximate surface area is 282 Å². The average Bonchev–Trinajstić information content (AvgIpc) is 3.07. The zero-order chi connectivity index (χ0) is 33.5. The van der Waals surface area contributed by atoms with E-state index in [-0.39, 0.29) is 24.1 Å². The first-order chi connectivity index (χ1) is 22.6. The lowest BCUT2D eigenvalue weighted by atomic mass is 10.1. The van der Waals surface area contributed by atoms with Crippen LogP contribution < -0.4 is 20.3 Å². The molecule has 2 heterocycles. The van der Waals surface area contributed by atoms with Gasteiger partial charge in [-0.15, -0.1) is 0 Å². The Bertz CT molecular complexity index is 1940. The van der Waals surface area contributed by atoms with Crippen molar-refractivity contribution in [1.82, 2.24) is 20.2 Å². The van der Waals surface area contributed by atoms with E-state index in [0.29, 0.717) is 39.8 Å². The highest BCUT2D eigenvalue weighted by Gasteiger charge is 2.20. The summed E-state index contributed by atoms with van der Waals surface area (Å²) in [6.07, 6.45) is 3.37. The van der Waals surface area contributed by atoms with Crippen LogP contribution in [0.4, 0.5) is 16.2 Å². The molecule has 0 fully saturated rings. The van der Waals surface area contributed by atoms with E-state index >= 15 is 0 Å². The van der Waals surface area contributed by atoms with Crippen LogP contribution in [0.1, 0.15) is 27.2 Å². The second kappa shape index (κ2) is 14.9.